The quantitative estimate of drug-likeness (QED) is 0.746. The Balaban J connectivity index is 1.36. The lowest BCUT2D eigenvalue weighted by Crippen LogP contribution is -2.53. The number of nitrogens with one attached hydrogen (secondary N) is 1. The first-order valence-corrected chi connectivity index (χ1v) is 10.5. The van der Waals surface area contributed by atoms with Gasteiger partial charge in [-0.1, -0.05) is 35.9 Å². The monoisotopic (exact) mass is 409 g/mol. The van der Waals surface area contributed by atoms with Crippen molar-refractivity contribution < 1.29 is 14.3 Å². The number of aryl methyl sites for hydroxylation is 3. The number of urea groups is 1. The van der Waals surface area contributed by atoms with E-state index < -0.39 is 0 Å². The summed E-state index contributed by atoms with van der Waals surface area (Å²) in [6.45, 7) is 9.19. The average Bonchev–Trinajstić information content (AvgIpc) is 2.72. The summed E-state index contributed by atoms with van der Waals surface area (Å²) in [4.78, 5) is 28.5. The highest BCUT2D eigenvalue weighted by molar-refractivity contribution is 5.79. The van der Waals surface area contributed by atoms with Crippen molar-refractivity contribution in [2.75, 3.05) is 39.3 Å². The molecule has 1 N–H and O–H groups in total. The van der Waals surface area contributed by atoms with Crippen LogP contribution < -0.4 is 10.1 Å². The van der Waals surface area contributed by atoms with E-state index in [-0.39, 0.29) is 11.9 Å². The summed E-state index contributed by atoms with van der Waals surface area (Å²) < 4.78 is 5.73. The van der Waals surface area contributed by atoms with Gasteiger partial charge in [0.1, 0.15) is 12.4 Å². The van der Waals surface area contributed by atoms with Gasteiger partial charge in [0.15, 0.2) is 0 Å². The lowest BCUT2D eigenvalue weighted by atomic mass is 10.1. The molecule has 0 spiro atoms. The molecular weight excluding hydrogens is 378 g/mol. The van der Waals surface area contributed by atoms with Crippen molar-refractivity contribution in [3.8, 4) is 5.75 Å². The number of benzene rings is 2. The summed E-state index contributed by atoms with van der Waals surface area (Å²) in [6, 6.07) is 14.0. The van der Waals surface area contributed by atoms with Crippen LogP contribution in [0.1, 0.15) is 22.3 Å². The molecule has 1 aliphatic rings. The van der Waals surface area contributed by atoms with Crippen LogP contribution >= 0.6 is 0 Å². The normalized spacial score (nSPS) is 13.8. The Hall–Kier alpha value is -3.02. The summed E-state index contributed by atoms with van der Waals surface area (Å²) in [5.41, 5.74) is 4.52. The zero-order valence-corrected chi connectivity index (χ0v) is 18.1. The summed E-state index contributed by atoms with van der Waals surface area (Å²) in [5.74, 6) is 0.934. The molecule has 6 heteroatoms. The topological polar surface area (TPSA) is 61.9 Å². The molecular formula is C24H31N3O3. The summed E-state index contributed by atoms with van der Waals surface area (Å²) in [5, 5.41) is 2.90. The van der Waals surface area contributed by atoms with E-state index in [0.717, 1.165) is 22.4 Å². The molecule has 3 rings (SSSR count). The summed E-state index contributed by atoms with van der Waals surface area (Å²) in [7, 11) is 0. The molecule has 0 unspecified atom stereocenters. The average molecular weight is 410 g/mol. The number of hydrogen-bond donors (Lipinski definition) is 1. The Morgan fingerprint density at radius 1 is 0.867 bits per heavy atom. The van der Waals surface area contributed by atoms with Gasteiger partial charge in [0.05, 0.1) is 13.0 Å². The second kappa shape index (κ2) is 10.1. The van der Waals surface area contributed by atoms with Crippen LogP contribution in [0.2, 0.25) is 0 Å². The summed E-state index contributed by atoms with van der Waals surface area (Å²) >= 11 is 0. The lowest BCUT2D eigenvalue weighted by Gasteiger charge is -2.34. The van der Waals surface area contributed by atoms with Gasteiger partial charge in [-0.3, -0.25) is 4.79 Å². The molecule has 0 saturated carbocycles. The van der Waals surface area contributed by atoms with E-state index in [2.05, 4.69) is 11.4 Å². The SMILES string of the molecule is Cc1ccc(CC(=O)N2CCN(C(=O)NCCOc3cc(C)cc(C)c3)CC2)cc1. The number of hydrogen-bond acceptors (Lipinski definition) is 3. The smallest absolute Gasteiger partial charge is 0.317 e. The largest absolute Gasteiger partial charge is 0.492 e. The van der Waals surface area contributed by atoms with Crippen LogP contribution in [0.3, 0.4) is 0 Å². The van der Waals surface area contributed by atoms with Crippen LogP contribution in [0.25, 0.3) is 0 Å². The lowest BCUT2D eigenvalue weighted by molar-refractivity contribution is -0.131. The maximum absolute atomic E-state index is 12.5. The van der Waals surface area contributed by atoms with E-state index in [1.54, 1.807) is 4.90 Å². The molecule has 1 aliphatic heterocycles. The number of piperazine rings is 1. The van der Waals surface area contributed by atoms with E-state index in [1.165, 1.54) is 5.56 Å². The van der Waals surface area contributed by atoms with Gasteiger partial charge in [-0.15, -0.1) is 0 Å². The highest BCUT2D eigenvalue weighted by Crippen LogP contribution is 2.16. The molecule has 2 aromatic rings. The molecule has 0 radical (unpaired) electrons. The Bertz CT molecular complexity index is 852. The van der Waals surface area contributed by atoms with E-state index in [0.29, 0.717) is 45.8 Å². The van der Waals surface area contributed by atoms with Crippen molar-refractivity contribution in [1.29, 1.82) is 0 Å². The Kier molecular flexibility index (Phi) is 7.33. The standard InChI is InChI=1S/C24H31N3O3/c1-18-4-6-21(7-5-18)17-23(28)26-9-11-27(12-10-26)24(29)25-8-13-30-22-15-19(2)14-20(3)16-22/h4-7,14-16H,8-13,17H2,1-3H3,(H,25,29). The third-order valence-electron chi connectivity index (χ3n) is 5.24. The molecule has 1 saturated heterocycles. The molecule has 6 nitrogen and oxygen atoms in total. The van der Waals surface area contributed by atoms with Gasteiger partial charge in [0.25, 0.3) is 0 Å². The molecule has 0 bridgehead atoms. The van der Waals surface area contributed by atoms with Crippen LogP contribution in [-0.2, 0) is 11.2 Å². The zero-order chi connectivity index (χ0) is 21.5. The van der Waals surface area contributed by atoms with Gasteiger partial charge in [-0.25, -0.2) is 4.79 Å². The Morgan fingerprint density at radius 3 is 2.10 bits per heavy atom. The van der Waals surface area contributed by atoms with Crippen LogP contribution in [-0.4, -0.2) is 61.1 Å². The summed E-state index contributed by atoms with van der Waals surface area (Å²) in [6.07, 6.45) is 0.405. The van der Waals surface area contributed by atoms with E-state index in [1.807, 2.05) is 62.1 Å². The fourth-order valence-electron chi connectivity index (χ4n) is 3.61. The van der Waals surface area contributed by atoms with E-state index in [9.17, 15) is 9.59 Å². The van der Waals surface area contributed by atoms with Crippen molar-refractivity contribution >= 4 is 11.9 Å². The maximum Gasteiger partial charge on any atom is 0.317 e. The zero-order valence-electron chi connectivity index (χ0n) is 18.1. The molecule has 30 heavy (non-hydrogen) atoms. The first kappa shape index (κ1) is 21.7. The van der Waals surface area contributed by atoms with Crippen LogP contribution in [0.4, 0.5) is 4.79 Å². The van der Waals surface area contributed by atoms with Gasteiger partial charge in [-0.05, 0) is 49.6 Å². The highest BCUT2D eigenvalue weighted by Gasteiger charge is 2.23. The van der Waals surface area contributed by atoms with Gasteiger partial charge in [0.2, 0.25) is 5.91 Å². The number of carbonyl (C=O) groups is 2. The van der Waals surface area contributed by atoms with Gasteiger partial charge >= 0.3 is 6.03 Å². The number of ether oxygens (including phenoxy) is 1. The first-order chi connectivity index (χ1) is 14.4. The molecule has 1 heterocycles. The van der Waals surface area contributed by atoms with Gasteiger partial charge in [0, 0.05) is 26.2 Å². The third kappa shape index (κ3) is 6.24. The Labute approximate surface area is 178 Å². The predicted octanol–water partition coefficient (Wildman–Crippen LogP) is 3.09. The van der Waals surface area contributed by atoms with Crippen LogP contribution in [0.15, 0.2) is 42.5 Å². The minimum atomic E-state index is -0.107. The minimum absolute atomic E-state index is 0.107. The van der Waals surface area contributed by atoms with Crippen molar-refractivity contribution in [1.82, 2.24) is 15.1 Å². The van der Waals surface area contributed by atoms with Crippen LogP contribution in [0.5, 0.6) is 5.75 Å². The van der Waals surface area contributed by atoms with Gasteiger partial charge < -0.3 is 19.9 Å². The Morgan fingerprint density at radius 2 is 1.47 bits per heavy atom. The van der Waals surface area contributed by atoms with E-state index in [4.69, 9.17) is 4.74 Å². The maximum atomic E-state index is 12.5. The van der Waals surface area contributed by atoms with Crippen molar-refractivity contribution in [2.24, 2.45) is 0 Å². The number of amides is 3. The first-order valence-electron chi connectivity index (χ1n) is 10.5. The van der Waals surface area contributed by atoms with E-state index >= 15 is 0 Å². The molecule has 0 aromatic heterocycles. The molecule has 2 aromatic carbocycles. The number of carbonyl (C=O) groups excluding carboxylic acids is 2. The number of nitrogens with zero attached hydrogens (tertiary/aromatic N) is 2. The van der Waals surface area contributed by atoms with Gasteiger partial charge in [-0.2, -0.15) is 0 Å². The fraction of sp³-hybridized carbons (Fsp3) is 0.417. The minimum Gasteiger partial charge on any atom is -0.492 e. The number of rotatable bonds is 6. The highest BCUT2D eigenvalue weighted by atomic mass is 16.5. The molecule has 1 fully saturated rings. The third-order valence-corrected chi connectivity index (χ3v) is 5.24. The van der Waals surface area contributed by atoms with Crippen LogP contribution in [0, 0.1) is 20.8 Å². The molecule has 3 amide bonds. The molecule has 0 aliphatic carbocycles. The van der Waals surface area contributed by atoms with Crippen molar-refractivity contribution in [2.45, 2.75) is 27.2 Å². The second-order valence-corrected chi connectivity index (χ2v) is 7.93. The van der Waals surface area contributed by atoms with Crippen molar-refractivity contribution in [3.05, 3.63) is 64.7 Å². The predicted molar refractivity (Wildman–Crippen MR) is 118 cm³/mol. The fourth-order valence-corrected chi connectivity index (χ4v) is 3.61. The molecule has 160 valence electrons. The van der Waals surface area contributed by atoms with Crippen molar-refractivity contribution in [3.63, 3.8) is 0 Å². The molecule has 0 atom stereocenters. The second-order valence-electron chi connectivity index (χ2n) is 7.93.